The standard InChI is InChI=1S/C20H24N2O5S/c1-10-5-6-15-12(7-10)16(18(21)23)20(28-15)22-19(24)11-8-13(25-2)17(27-4)14(9-11)26-3/h8-10H,5-7H2,1-4H3,(H2,21,23)(H,22,24)/t10-/m1/s1. The van der Waals surface area contributed by atoms with Gasteiger partial charge in [-0.05, 0) is 42.9 Å². The van der Waals surface area contributed by atoms with Gasteiger partial charge in [0.1, 0.15) is 5.00 Å². The fourth-order valence-corrected chi connectivity index (χ4v) is 4.74. The molecule has 150 valence electrons. The fourth-order valence-electron chi connectivity index (χ4n) is 3.49. The van der Waals surface area contributed by atoms with E-state index >= 15 is 0 Å². The first-order valence-electron chi connectivity index (χ1n) is 8.95. The molecular formula is C20H24N2O5S. The summed E-state index contributed by atoms with van der Waals surface area (Å²) in [6, 6.07) is 3.13. The minimum atomic E-state index is -0.521. The Hall–Kier alpha value is -2.74. The van der Waals surface area contributed by atoms with Crippen LogP contribution < -0.4 is 25.3 Å². The summed E-state index contributed by atoms with van der Waals surface area (Å²) >= 11 is 1.42. The molecular weight excluding hydrogens is 380 g/mol. The number of carbonyl (C=O) groups excluding carboxylic acids is 2. The molecule has 3 N–H and O–H groups in total. The molecule has 1 heterocycles. The smallest absolute Gasteiger partial charge is 0.256 e. The number of thiophene rings is 1. The van der Waals surface area contributed by atoms with Crippen LogP contribution >= 0.6 is 11.3 Å². The van der Waals surface area contributed by atoms with E-state index < -0.39 is 5.91 Å². The summed E-state index contributed by atoms with van der Waals surface area (Å²) in [6.07, 6.45) is 2.75. The van der Waals surface area contributed by atoms with Crippen molar-refractivity contribution in [3.05, 3.63) is 33.7 Å². The number of fused-ring (bicyclic) bond motifs is 1. The van der Waals surface area contributed by atoms with Crippen molar-refractivity contribution in [2.75, 3.05) is 26.6 Å². The van der Waals surface area contributed by atoms with Gasteiger partial charge in [-0.25, -0.2) is 0 Å². The van der Waals surface area contributed by atoms with E-state index in [0.717, 1.165) is 29.7 Å². The van der Waals surface area contributed by atoms with E-state index in [4.69, 9.17) is 19.9 Å². The second-order valence-corrected chi connectivity index (χ2v) is 7.89. The quantitative estimate of drug-likeness (QED) is 0.770. The predicted octanol–water partition coefficient (Wildman–Crippen LogP) is 3.25. The molecule has 0 fully saturated rings. The van der Waals surface area contributed by atoms with E-state index in [-0.39, 0.29) is 5.91 Å². The lowest BCUT2D eigenvalue weighted by Crippen LogP contribution is -2.20. The molecule has 0 saturated heterocycles. The van der Waals surface area contributed by atoms with Gasteiger partial charge in [0.15, 0.2) is 11.5 Å². The van der Waals surface area contributed by atoms with Crippen LogP contribution in [0.5, 0.6) is 17.2 Å². The molecule has 1 atom stereocenters. The van der Waals surface area contributed by atoms with Crippen LogP contribution in [-0.4, -0.2) is 33.1 Å². The number of ether oxygens (including phenoxy) is 3. The van der Waals surface area contributed by atoms with Gasteiger partial charge in [0.05, 0.1) is 26.9 Å². The highest BCUT2D eigenvalue weighted by atomic mass is 32.1. The average Bonchev–Trinajstić information content (AvgIpc) is 3.03. The lowest BCUT2D eigenvalue weighted by atomic mass is 9.87. The highest BCUT2D eigenvalue weighted by Crippen LogP contribution is 2.41. The first-order chi connectivity index (χ1) is 13.4. The Bertz CT molecular complexity index is 897. The SMILES string of the molecule is COc1cc(C(=O)Nc2sc3c(c2C(N)=O)C[C@H](C)CC3)cc(OC)c1OC. The number of nitrogens with one attached hydrogen (secondary N) is 1. The maximum absolute atomic E-state index is 12.9. The summed E-state index contributed by atoms with van der Waals surface area (Å²) in [4.78, 5) is 26.1. The van der Waals surface area contributed by atoms with Crippen LogP contribution in [0.3, 0.4) is 0 Å². The number of nitrogens with two attached hydrogens (primary N) is 1. The van der Waals surface area contributed by atoms with Gasteiger partial charge >= 0.3 is 0 Å². The number of amides is 2. The largest absolute Gasteiger partial charge is 0.493 e. The molecule has 1 aromatic heterocycles. The van der Waals surface area contributed by atoms with Crippen molar-refractivity contribution in [2.24, 2.45) is 11.7 Å². The third-order valence-electron chi connectivity index (χ3n) is 4.91. The van der Waals surface area contributed by atoms with Crippen molar-refractivity contribution in [1.29, 1.82) is 0 Å². The first-order valence-corrected chi connectivity index (χ1v) is 9.76. The Kier molecular flexibility index (Phi) is 5.79. The van der Waals surface area contributed by atoms with Crippen molar-refractivity contribution in [1.82, 2.24) is 0 Å². The average molecular weight is 404 g/mol. The second kappa shape index (κ2) is 8.10. The topological polar surface area (TPSA) is 99.9 Å². The normalized spacial score (nSPS) is 15.5. The highest BCUT2D eigenvalue weighted by molar-refractivity contribution is 7.17. The first kappa shape index (κ1) is 20.0. The van der Waals surface area contributed by atoms with Gasteiger partial charge in [0, 0.05) is 10.4 Å². The number of hydrogen-bond acceptors (Lipinski definition) is 6. The van der Waals surface area contributed by atoms with Crippen molar-refractivity contribution >= 4 is 28.2 Å². The van der Waals surface area contributed by atoms with Crippen LogP contribution in [0.1, 0.15) is 44.5 Å². The minimum absolute atomic E-state index is 0.324. The Balaban J connectivity index is 1.97. The molecule has 1 aromatic carbocycles. The van der Waals surface area contributed by atoms with Crippen LogP contribution in [0.25, 0.3) is 0 Å². The minimum Gasteiger partial charge on any atom is -0.493 e. The maximum atomic E-state index is 12.9. The van der Waals surface area contributed by atoms with E-state index in [1.54, 1.807) is 12.1 Å². The van der Waals surface area contributed by atoms with Crippen LogP contribution in [-0.2, 0) is 12.8 Å². The second-order valence-electron chi connectivity index (χ2n) is 6.79. The van der Waals surface area contributed by atoms with Crippen LogP contribution in [0.4, 0.5) is 5.00 Å². The summed E-state index contributed by atoms with van der Waals surface area (Å²) in [5.74, 6) is 0.738. The molecule has 0 aliphatic heterocycles. The zero-order chi connectivity index (χ0) is 20.4. The third kappa shape index (κ3) is 3.64. The summed E-state index contributed by atoms with van der Waals surface area (Å²) in [5, 5.41) is 3.34. The summed E-state index contributed by atoms with van der Waals surface area (Å²) in [7, 11) is 4.47. The number of anilines is 1. The molecule has 28 heavy (non-hydrogen) atoms. The number of aryl methyl sites for hydroxylation is 1. The van der Waals surface area contributed by atoms with Gasteiger partial charge in [-0.15, -0.1) is 11.3 Å². The number of hydrogen-bond donors (Lipinski definition) is 2. The Morgan fingerprint density at radius 2 is 1.79 bits per heavy atom. The number of methoxy groups -OCH3 is 3. The molecule has 0 radical (unpaired) electrons. The van der Waals surface area contributed by atoms with E-state index in [1.807, 2.05) is 0 Å². The zero-order valence-electron chi connectivity index (χ0n) is 16.4. The maximum Gasteiger partial charge on any atom is 0.256 e. The zero-order valence-corrected chi connectivity index (χ0v) is 17.2. The van der Waals surface area contributed by atoms with Gasteiger partial charge in [0.25, 0.3) is 11.8 Å². The van der Waals surface area contributed by atoms with E-state index in [2.05, 4.69) is 12.2 Å². The van der Waals surface area contributed by atoms with Crippen molar-refractivity contribution < 1.29 is 23.8 Å². The third-order valence-corrected chi connectivity index (χ3v) is 6.12. The predicted molar refractivity (Wildman–Crippen MR) is 108 cm³/mol. The number of carbonyl (C=O) groups is 2. The number of rotatable bonds is 6. The fraction of sp³-hybridized carbons (Fsp3) is 0.400. The van der Waals surface area contributed by atoms with Crippen LogP contribution in [0.2, 0.25) is 0 Å². The lowest BCUT2D eigenvalue weighted by molar-refractivity contribution is 0.1000. The van der Waals surface area contributed by atoms with Gasteiger partial charge in [-0.2, -0.15) is 0 Å². The molecule has 0 unspecified atom stereocenters. The Labute approximate surface area is 167 Å². The molecule has 1 aliphatic rings. The monoisotopic (exact) mass is 404 g/mol. The van der Waals surface area contributed by atoms with E-state index in [0.29, 0.717) is 39.3 Å². The van der Waals surface area contributed by atoms with E-state index in [1.165, 1.54) is 32.7 Å². The van der Waals surface area contributed by atoms with Crippen LogP contribution in [0.15, 0.2) is 12.1 Å². The van der Waals surface area contributed by atoms with Crippen molar-refractivity contribution in [2.45, 2.75) is 26.2 Å². The van der Waals surface area contributed by atoms with E-state index in [9.17, 15) is 9.59 Å². The lowest BCUT2D eigenvalue weighted by Gasteiger charge is -2.18. The molecule has 2 amide bonds. The van der Waals surface area contributed by atoms with Gasteiger partial charge in [-0.3, -0.25) is 9.59 Å². The van der Waals surface area contributed by atoms with Gasteiger partial charge in [-0.1, -0.05) is 6.92 Å². The van der Waals surface area contributed by atoms with Gasteiger partial charge in [0.2, 0.25) is 5.75 Å². The summed E-state index contributed by atoms with van der Waals surface area (Å²) in [6.45, 7) is 2.15. The molecule has 7 nitrogen and oxygen atoms in total. The molecule has 8 heteroatoms. The Morgan fingerprint density at radius 1 is 1.14 bits per heavy atom. The van der Waals surface area contributed by atoms with Gasteiger partial charge < -0.3 is 25.3 Å². The molecule has 2 aromatic rings. The highest BCUT2D eigenvalue weighted by Gasteiger charge is 2.28. The molecule has 0 bridgehead atoms. The van der Waals surface area contributed by atoms with Crippen LogP contribution in [0, 0.1) is 5.92 Å². The Morgan fingerprint density at radius 3 is 2.32 bits per heavy atom. The van der Waals surface area contributed by atoms with Crippen molar-refractivity contribution in [3.63, 3.8) is 0 Å². The molecule has 1 aliphatic carbocycles. The molecule has 0 saturated carbocycles. The number of primary amides is 1. The molecule has 3 rings (SSSR count). The summed E-state index contributed by atoms with van der Waals surface area (Å²) in [5.41, 5.74) is 7.35. The summed E-state index contributed by atoms with van der Waals surface area (Å²) < 4.78 is 15.9. The number of benzene rings is 1. The molecule has 0 spiro atoms. The van der Waals surface area contributed by atoms with Crippen molar-refractivity contribution in [3.8, 4) is 17.2 Å².